The molecule has 1 aromatic heterocycles. The van der Waals surface area contributed by atoms with E-state index in [2.05, 4.69) is 9.88 Å². The second-order valence-corrected chi connectivity index (χ2v) is 7.44. The van der Waals surface area contributed by atoms with E-state index >= 15 is 0 Å². The van der Waals surface area contributed by atoms with Crippen molar-refractivity contribution in [2.75, 3.05) is 53.6 Å². The van der Waals surface area contributed by atoms with Crippen LogP contribution in [-0.4, -0.2) is 80.3 Å². The number of hydrogen-bond donors (Lipinski definition) is 0. The Hall–Kier alpha value is -1.50. The summed E-state index contributed by atoms with van der Waals surface area (Å²) in [6.45, 7) is 4.52. The van der Waals surface area contributed by atoms with Crippen LogP contribution in [0, 0.1) is 5.41 Å². The normalized spacial score (nSPS) is 26.5. The molecule has 6 nitrogen and oxygen atoms in total. The van der Waals surface area contributed by atoms with Crippen LogP contribution in [0.4, 0.5) is 0 Å². The van der Waals surface area contributed by atoms with Gasteiger partial charge in [0.05, 0.1) is 24.9 Å². The Kier molecular flexibility index (Phi) is 6.04. The summed E-state index contributed by atoms with van der Waals surface area (Å²) in [5.41, 5.74) is 0.571. The van der Waals surface area contributed by atoms with Crippen LogP contribution in [0.2, 0.25) is 0 Å². The molecule has 0 N–H and O–H groups in total. The number of fused-ring (bicyclic) bond motifs is 1. The fourth-order valence-electron chi connectivity index (χ4n) is 3.87. The van der Waals surface area contributed by atoms with E-state index in [-0.39, 0.29) is 17.4 Å². The van der Waals surface area contributed by atoms with Crippen molar-refractivity contribution in [2.24, 2.45) is 5.41 Å². The Morgan fingerprint density at radius 1 is 1.52 bits per heavy atom. The molecule has 2 saturated heterocycles. The van der Waals surface area contributed by atoms with Crippen molar-refractivity contribution in [3.63, 3.8) is 0 Å². The molecule has 2 aliphatic rings. The maximum absolute atomic E-state index is 12.8. The summed E-state index contributed by atoms with van der Waals surface area (Å²) >= 11 is 0. The molecule has 138 valence electrons. The molecule has 0 unspecified atom stereocenters. The number of amides is 1. The lowest BCUT2D eigenvalue weighted by Crippen LogP contribution is -2.58. The van der Waals surface area contributed by atoms with E-state index in [1.165, 1.54) is 0 Å². The smallest absolute Gasteiger partial charge is 0.255 e. The van der Waals surface area contributed by atoms with Crippen molar-refractivity contribution in [3.05, 3.63) is 30.1 Å². The van der Waals surface area contributed by atoms with Crippen molar-refractivity contribution in [3.8, 4) is 0 Å². The molecular formula is C19H29N3O3. The van der Waals surface area contributed by atoms with Crippen molar-refractivity contribution in [2.45, 2.75) is 25.4 Å². The molecule has 3 rings (SSSR count). The molecule has 1 aromatic rings. The second kappa shape index (κ2) is 8.25. The zero-order chi connectivity index (χ0) is 17.7. The van der Waals surface area contributed by atoms with Crippen LogP contribution in [0.1, 0.15) is 29.6 Å². The van der Waals surface area contributed by atoms with E-state index in [4.69, 9.17) is 9.47 Å². The van der Waals surface area contributed by atoms with Crippen LogP contribution in [0.3, 0.4) is 0 Å². The quantitative estimate of drug-likeness (QED) is 0.733. The maximum atomic E-state index is 12.8. The van der Waals surface area contributed by atoms with Gasteiger partial charge in [-0.3, -0.25) is 9.78 Å². The van der Waals surface area contributed by atoms with E-state index in [0.29, 0.717) is 25.3 Å². The fraction of sp³-hybridized carbons (Fsp3) is 0.684. The highest BCUT2D eigenvalue weighted by Gasteiger charge is 2.47. The van der Waals surface area contributed by atoms with Gasteiger partial charge in [-0.05, 0) is 45.5 Å². The minimum Gasteiger partial charge on any atom is -0.379 e. The lowest BCUT2D eigenvalue weighted by atomic mass is 9.73. The predicted octanol–water partition coefficient (Wildman–Crippen LogP) is 1.67. The van der Waals surface area contributed by atoms with Gasteiger partial charge in [0.1, 0.15) is 0 Å². The van der Waals surface area contributed by atoms with E-state index in [9.17, 15) is 4.79 Å². The molecule has 6 heteroatoms. The molecule has 0 radical (unpaired) electrons. The van der Waals surface area contributed by atoms with Crippen molar-refractivity contribution < 1.29 is 14.3 Å². The predicted molar refractivity (Wildman–Crippen MR) is 95.5 cm³/mol. The molecule has 1 amide bonds. The number of pyridine rings is 1. The number of likely N-dealkylation sites (N-methyl/N-ethyl adjacent to an activating group) is 1. The van der Waals surface area contributed by atoms with Crippen LogP contribution in [0.25, 0.3) is 0 Å². The van der Waals surface area contributed by atoms with Crippen LogP contribution >= 0.6 is 0 Å². The van der Waals surface area contributed by atoms with E-state index in [0.717, 1.165) is 39.0 Å². The van der Waals surface area contributed by atoms with Gasteiger partial charge in [-0.25, -0.2) is 0 Å². The van der Waals surface area contributed by atoms with Crippen molar-refractivity contribution in [1.82, 2.24) is 14.8 Å². The zero-order valence-corrected chi connectivity index (χ0v) is 15.3. The first-order chi connectivity index (χ1) is 12.1. The summed E-state index contributed by atoms with van der Waals surface area (Å²) in [4.78, 5) is 21.0. The third-order valence-corrected chi connectivity index (χ3v) is 5.26. The monoisotopic (exact) mass is 347 g/mol. The van der Waals surface area contributed by atoms with Crippen LogP contribution in [0.15, 0.2) is 24.5 Å². The minimum absolute atomic E-state index is 0.0600. The fourth-order valence-corrected chi connectivity index (χ4v) is 3.87. The Bertz CT molecular complexity index is 566. The van der Waals surface area contributed by atoms with Gasteiger partial charge in [0, 0.05) is 44.0 Å². The summed E-state index contributed by atoms with van der Waals surface area (Å²) in [7, 11) is 4.09. The Balaban J connectivity index is 1.67. The average molecular weight is 347 g/mol. The first kappa shape index (κ1) is 18.3. The highest BCUT2D eigenvalue weighted by atomic mass is 16.5. The summed E-state index contributed by atoms with van der Waals surface area (Å²) in [6, 6.07) is 3.64. The highest BCUT2D eigenvalue weighted by molar-refractivity contribution is 5.94. The van der Waals surface area contributed by atoms with Crippen molar-refractivity contribution >= 4 is 5.91 Å². The number of nitrogens with zero attached hydrogens (tertiary/aromatic N) is 3. The van der Waals surface area contributed by atoms with Gasteiger partial charge in [-0.15, -0.1) is 0 Å². The largest absolute Gasteiger partial charge is 0.379 e. The zero-order valence-electron chi connectivity index (χ0n) is 15.3. The topological polar surface area (TPSA) is 54.9 Å². The van der Waals surface area contributed by atoms with Gasteiger partial charge >= 0.3 is 0 Å². The van der Waals surface area contributed by atoms with Crippen LogP contribution in [-0.2, 0) is 9.47 Å². The number of likely N-dealkylation sites (tertiary alicyclic amines) is 1. The SMILES string of the molecule is CN(C)CCOC[C@@]12CCCO[C@@H]1CCN(C(=O)c1cccnc1)C2. The lowest BCUT2D eigenvalue weighted by Gasteiger charge is -2.50. The molecule has 0 saturated carbocycles. The van der Waals surface area contributed by atoms with E-state index in [1.807, 2.05) is 31.1 Å². The van der Waals surface area contributed by atoms with E-state index < -0.39 is 0 Å². The molecule has 0 aromatic carbocycles. The van der Waals surface area contributed by atoms with Gasteiger partial charge in [-0.2, -0.15) is 0 Å². The molecule has 25 heavy (non-hydrogen) atoms. The van der Waals surface area contributed by atoms with Crippen LogP contribution in [0.5, 0.6) is 0 Å². The number of ether oxygens (including phenoxy) is 2. The number of hydrogen-bond acceptors (Lipinski definition) is 5. The maximum Gasteiger partial charge on any atom is 0.255 e. The van der Waals surface area contributed by atoms with Gasteiger partial charge in [0.15, 0.2) is 0 Å². The number of aromatic nitrogens is 1. The van der Waals surface area contributed by atoms with Crippen LogP contribution < -0.4 is 0 Å². The number of rotatable bonds is 6. The number of carbonyl (C=O) groups is 1. The Labute approximate surface area is 150 Å². The van der Waals surface area contributed by atoms with E-state index in [1.54, 1.807) is 12.4 Å². The lowest BCUT2D eigenvalue weighted by molar-refractivity contribution is -0.147. The minimum atomic E-state index is -0.0827. The van der Waals surface area contributed by atoms with Gasteiger partial charge in [0.2, 0.25) is 0 Å². The van der Waals surface area contributed by atoms with Gasteiger partial charge in [-0.1, -0.05) is 0 Å². The average Bonchev–Trinajstić information content (AvgIpc) is 2.65. The number of carbonyl (C=O) groups excluding carboxylic acids is 1. The molecular weight excluding hydrogens is 318 g/mol. The first-order valence-electron chi connectivity index (χ1n) is 9.14. The molecule has 3 heterocycles. The van der Waals surface area contributed by atoms with Gasteiger partial charge in [0.25, 0.3) is 5.91 Å². The molecule has 2 atom stereocenters. The molecule has 2 aliphatic heterocycles. The third kappa shape index (κ3) is 4.37. The molecule has 2 fully saturated rings. The number of piperidine rings is 1. The van der Waals surface area contributed by atoms with Crippen molar-refractivity contribution in [1.29, 1.82) is 0 Å². The molecule has 0 spiro atoms. The molecule has 0 bridgehead atoms. The molecule has 0 aliphatic carbocycles. The first-order valence-corrected chi connectivity index (χ1v) is 9.14. The Morgan fingerprint density at radius 2 is 2.40 bits per heavy atom. The summed E-state index contributed by atoms with van der Waals surface area (Å²) < 4.78 is 12.1. The second-order valence-electron chi connectivity index (χ2n) is 7.44. The summed E-state index contributed by atoms with van der Waals surface area (Å²) in [5, 5.41) is 0. The standard InChI is InChI=1S/C19H29N3O3/c1-21(2)10-12-24-15-19-7-4-11-25-17(19)6-9-22(14-19)18(23)16-5-3-8-20-13-16/h3,5,8,13,17H,4,6-7,9-12,14-15H2,1-2H3/t17-,19+/m1/s1. The third-order valence-electron chi connectivity index (χ3n) is 5.26. The Morgan fingerprint density at radius 3 is 3.16 bits per heavy atom. The summed E-state index contributed by atoms with van der Waals surface area (Å²) in [5.74, 6) is 0.0600. The van der Waals surface area contributed by atoms with Gasteiger partial charge < -0.3 is 19.3 Å². The highest BCUT2D eigenvalue weighted by Crippen LogP contribution is 2.40. The summed E-state index contributed by atoms with van der Waals surface area (Å²) in [6.07, 6.45) is 6.49.